The Hall–Kier alpha value is -7.36. The average Bonchev–Trinajstić information content (AvgIpc) is 3.78. The first-order chi connectivity index (χ1) is 28.5. The van der Waals surface area contributed by atoms with Crippen molar-refractivity contribution in [1.82, 2.24) is 9.97 Å². The molecule has 58 heavy (non-hydrogen) atoms. The van der Waals surface area contributed by atoms with Crippen LogP contribution in [0.4, 0.5) is 0 Å². The van der Waals surface area contributed by atoms with E-state index in [-0.39, 0.29) is 5.41 Å². The van der Waals surface area contributed by atoms with Gasteiger partial charge >= 0.3 is 0 Å². The van der Waals surface area contributed by atoms with E-state index in [2.05, 4.69) is 172 Å². The number of aromatic nitrogens is 2. The Balaban J connectivity index is 0.872. The minimum atomic E-state index is -0.158. The van der Waals surface area contributed by atoms with Crippen molar-refractivity contribution < 1.29 is 4.42 Å². The highest BCUT2D eigenvalue weighted by Crippen LogP contribution is 2.51. The number of para-hydroxylation sites is 2. The van der Waals surface area contributed by atoms with Crippen LogP contribution in [0.15, 0.2) is 187 Å². The Labute approximate surface area is 335 Å². The fourth-order valence-electron chi connectivity index (χ4n) is 9.60. The third-order valence-electron chi connectivity index (χ3n) is 12.6. The summed E-state index contributed by atoms with van der Waals surface area (Å²) in [6.07, 6.45) is 3.58. The summed E-state index contributed by atoms with van der Waals surface area (Å²) in [7, 11) is 0. The number of hydrogen-bond acceptors (Lipinski definition) is 3. The zero-order valence-corrected chi connectivity index (χ0v) is 32.1. The second kappa shape index (κ2) is 12.3. The van der Waals surface area contributed by atoms with Gasteiger partial charge in [0.1, 0.15) is 11.2 Å². The van der Waals surface area contributed by atoms with Crippen molar-refractivity contribution >= 4 is 54.5 Å². The van der Waals surface area contributed by atoms with Crippen LogP contribution >= 0.6 is 0 Å². The molecule has 0 saturated carbocycles. The van der Waals surface area contributed by atoms with E-state index in [9.17, 15) is 0 Å². The molecule has 0 atom stereocenters. The molecule has 2 heterocycles. The third-order valence-corrected chi connectivity index (χ3v) is 12.6. The molecule has 0 aliphatic heterocycles. The first-order valence-corrected chi connectivity index (χ1v) is 20.0. The van der Waals surface area contributed by atoms with Crippen molar-refractivity contribution in [3.8, 4) is 55.6 Å². The van der Waals surface area contributed by atoms with Crippen LogP contribution in [-0.2, 0) is 5.41 Å². The maximum Gasteiger partial charge on any atom is 0.143 e. The van der Waals surface area contributed by atoms with Crippen LogP contribution in [-0.4, -0.2) is 9.97 Å². The van der Waals surface area contributed by atoms with Crippen molar-refractivity contribution in [1.29, 1.82) is 0 Å². The van der Waals surface area contributed by atoms with Crippen LogP contribution in [0.1, 0.15) is 25.0 Å². The van der Waals surface area contributed by atoms with Gasteiger partial charge in [-0.05, 0) is 102 Å². The van der Waals surface area contributed by atoms with Gasteiger partial charge in [0.2, 0.25) is 0 Å². The monoisotopic (exact) mass is 740 g/mol. The highest BCUT2D eigenvalue weighted by Gasteiger charge is 2.36. The molecule has 3 nitrogen and oxygen atoms in total. The molecule has 272 valence electrons. The summed E-state index contributed by atoms with van der Waals surface area (Å²) in [5.41, 5.74) is 18.4. The smallest absolute Gasteiger partial charge is 0.143 e. The molecule has 2 aromatic heterocycles. The molecule has 1 aliphatic carbocycles. The summed E-state index contributed by atoms with van der Waals surface area (Å²) in [4.78, 5) is 9.56. The van der Waals surface area contributed by atoms with Crippen LogP contribution in [0.5, 0.6) is 0 Å². The van der Waals surface area contributed by atoms with Crippen LogP contribution in [0.2, 0.25) is 0 Å². The lowest BCUT2D eigenvalue weighted by Crippen LogP contribution is -2.15. The van der Waals surface area contributed by atoms with Crippen molar-refractivity contribution in [2.45, 2.75) is 19.3 Å². The van der Waals surface area contributed by atoms with Crippen molar-refractivity contribution in [3.63, 3.8) is 0 Å². The first-order valence-electron chi connectivity index (χ1n) is 20.0. The Morgan fingerprint density at radius 3 is 1.62 bits per heavy atom. The van der Waals surface area contributed by atoms with E-state index in [4.69, 9.17) is 14.4 Å². The molecule has 3 heteroatoms. The minimum absolute atomic E-state index is 0.158. The number of fused-ring (bicyclic) bond motifs is 12. The van der Waals surface area contributed by atoms with E-state index in [1.54, 1.807) is 12.4 Å². The molecule has 0 radical (unpaired) electrons. The summed E-state index contributed by atoms with van der Waals surface area (Å²) in [6, 6.07) is 61.8. The number of hydrogen-bond donors (Lipinski definition) is 0. The van der Waals surface area contributed by atoms with Crippen LogP contribution in [0, 0.1) is 0 Å². The molecule has 9 aromatic carbocycles. The molecule has 0 N–H and O–H groups in total. The van der Waals surface area contributed by atoms with Crippen molar-refractivity contribution in [2.24, 2.45) is 0 Å². The molecule has 0 fully saturated rings. The average molecular weight is 741 g/mol. The van der Waals surface area contributed by atoms with Gasteiger partial charge in [-0.25, -0.2) is 0 Å². The lowest BCUT2D eigenvalue weighted by molar-refractivity contribution is 0.661. The van der Waals surface area contributed by atoms with Crippen LogP contribution in [0.3, 0.4) is 0 Å². The number of benzene rings is 9. The largest absolute Gasteiger partial charge is 0.455 e. The van der Waals surface area contributed by atoms with E-state index >= 15 is 0 Å². The van der Waals surface area contributed by atoms with Gasteiger partial charge in [-0.15, -0.1) is 0 Å². The van der Waals surface area contributed by atoms with E-state index in [0.29, 0.717) is 0 Å². The molecule has 0 unspecified atom stereocenters. The molecule has 0 spiro atoms. The molecular formula is C55H36N2O. The predicted octanol–water partition coefficient (Wildman–Crippen LogP) is 14.8. The third kappa shape index (κ3) is 4.86. The van der Waals surface area contributed by atoms with Gasteiger partial charge in [-0.2, -0.15) is 0 Å². The summed E-state index contributed by atoms with van der Waals surface area (Å²) in [5.74, 6) is 0. The van der Waals surface area contributed by atoms with E-state index in [1.165, 1.54) is 60.8 Å². The molecule has 0 bridgehead atoms. The number of rotatable bonds is 4. The Morgan fingerprint density at radius 1 is 0.362 bits per heavy atom. The topological polar surface area (TPSA) is 38.9 Å². The first kappa shape index (κ1) is 32.8. The quantitative estimate of drug-likeness (QED) is 0.169. The second-order valence-corrected chi connectivity index (χ2v) is 16.1. The van der Waals surface area contributed by atoms with E-state index < -0.39 is 0 Å². The second-order valence-electron chi connectivity index (χ2n) is 16.1. The van der Waals surface area contributed by atoms with Gasteiger partial charge in [-0.3, -0.25) is 9.97 Å². The Kier molecular flexibility index (Phi) is 6.98. The molecule has 0 saturated heterocycles. The molecule has 1 aliphatic rings. The summed E-state index contributed by atoms with van der Waals surface area (Å²) in [5, 5.41) is 6.95. The lowest BCUT2D eigenvalue weighted by Gasteiger charge is -2.23. The lowest BCUT2D eigenvalue weighted by atomic mass is 9.80. The highest BCUT2D eigenvalue weighted by molar-refractivity contribution is 6.23. The van der Waals surface area contributed by atoms with Crippen molar-refractivity contribution in [2.75, 3.05) is 0 Å². The zero-order chi connectivity index (χ0) is 38.5. The standard InChI is InChI=1S/C55H36N2O/c1-55(2)49-31-38(33-17-19-34(20-18-33)40-14-8-15-47-45-12-5-6-16-51(45)58-54(40)47)22-25-43(49)44-26-23-39(32-50(44)55)36-10-7-9-35(29-36)37-21-24-42-41-11-3-4-13-46(41)52-53(48(42)30-37)57-28-27-56-52/h3-32H,1-2H3. The predicted molar refractivity (Wildman–Crippen MR) is 241 cm³/mol. The number of nitrogens with zero attached hydrogens (tertiary/aromatic N) is 2. The molecule has 0 amide bonds. The Morgan fingerprint density at radius 2 is 0.879 bits per heavy atom. The maximum atomic E-state index is 6.35. The summed E-state index contributed by atoms with van der Waals surface area (Å²) >= 11 is 0. The van der Waals surface area contributed by atoms with E-state index in [0.717, 1.165) is 60.4 Å². The van der Waals surface area contributed by atoms with Crippen LogP contribution in [0.25, 0.3) is 110 Å². The van der Waals surface area contributed by atoms with Gasteiger partial charge < -0.3 is 4.42 Å². The normalized spacial score (nSPS) is 13.1. The Bertz CT molecular complexity index is 3450. The van der Waals surface area contributed by atoms with Gasteiger partial charge in [0, 0.05) is 44.9 Å². The zero-order valence-electron chi connectivity index (χ0n) is 32.1. The number of furan rings is 1. The highest BCUT2D eigenvalue weighted by atomic mass is 16.3. The minimum Gasteiger partial charge on any atom is -0.455 e. The SMILES string of the molecule is CC1(C)c2cc(-c3ccc(-c4cccc5c4oc4ccccc45)cc3)ccc2-c2ccc(-c3cccc(-c4ccc5c6ccccc6c6nccnc6c5c4)c3)cc21. The molecule has 12 rings (SSSR count). The van der Waals surface area contributed by atoms with Gasteiger partial charge in [-0.1, -0.05) is 153 Å². The van der Waals surface area contributed by atoms with Gasteiger partial charge in [0.05, 0.1) is 11.0 Å². The maximum absolute atomic E-state index is 6.35. The summed E-state index contributed by atoms with van der Waals surface area (Å²) in [6.45, 7) is 4.73. The van der Waals surface area contributed by atoms with Gasteiger partial charge in [0.25, 0.3) is 0 Å². The fourth-order valence-corrected chi connectivity index (χ4v) is 9.60. The molecule has 11 aromatic rings. The van der Waals surface area contributed by atoms with Gasteiger partial charge in [0.15, 0.2) is 0 Å². The van der Waals surface area contributed by atoms with Crippen molar-refractivity contribution in [3.05, 3.63) is 193 Å². The fraction of sp³-hybridized carbons (Fsp3) is 0.0545. The van der Waals surface area contributed by atoms with Crippen LogP contribution < -0.4 is 0 Å². The molecular weight excluding hydrogens is 705 g/mol. The summed E-state index contributed by atoms with van der Waals surface area (Å²) < 4.78 is 6.35. The van der Waals surface area contributed by atoms with E-state index in [1.807, 2.05) is 12.1 Å².